The first-order chi connectivity index (χ1) is 10.1. The Balaban J connectivity index is 1.70. The molecule has 0 bridgehead atoms. The van der Waals surface area contributed by atoms with Gasteiger partial charge in [-0.1, -0.05) is 34.1 Å². The van der Waals surface area contributed by atoms with Gasteiger partial charge in [0.15, 0.2) is 0 Å². The van der Waals surface area contributed by atoms with Gasteiger partial charge in [-0.05, 0) is 49.2 Å². The van der Waals surface area contributed by atoms with Gasteiger partial charge in [0.25, 0.3) is 0 Å². The summed E-state index contributed by atoms with van der Waals surface area (Å²) in [4.78, 5) is 14.4. The number of nitrogens with zero attached hydrogens (tertiary/aromatic N) is 1. The smallest absolute Gasteiger partial charge is 0.246 e. The number of carbonyl (C=O) groups excluding carboxylic acids is 1. The summed E-state index contributed by atoms with van der Waals surface area (Å²) in [6, 6.07) is 16.2. The van der Waals surface area contributed by atoms with E-state index in [0.717, 1.165) is 22.3 Å². The molecular weight excluding hydrogens is 328 g/mol. The number of amides is 1. The number of para-hydroxylation sites is 1. The summed E-state index contributed by atoms with van der Waals surface area (Å²) >= 11 is 3.40. The number of nitrogens with one attached hydrogen (secondary N) is 1. The van der Waals surface area contributed by atoms with Gasteiger partial charge in [0.05, 0.1) is 6.54 Å². The largest absolute Gasteiger partial charge is 0.376 e. The van der Waals surface area contributed by atoms with Gasteiger partial charge in [0, 0.05) is 21.9 Å². The average Bonchev–Trinajstić information content (AvgIpc) is 2.82. The molecule has 0 fully saturated rings. The Kier molecular flexibility index (Phi) is 3.97. The second-order valence-corrected chi connectivity index (χ2v) is 6.22. The Hall–Kier alpha value is -1.81. The summed E-state index contributed by atoms with van der Waals surface area (Å²) in [6.45, 7) is 2.40. The molecule has 0 saturated heterocycles. The molecule has 0 unspecified atom stereocenters. The molecule has 0 aromatic heterocycles. The van der Waals surface area contributed by atoms with Crippen LogP contribution in [0.1, 0.15) is 12.5 Å². The third-order valence-corrected chi connectivity index (χ3v) is 4.29. The van der Waals surface area contributed by atoms with Crippen molar-refractivity contribution in [2.75, 3.05) is 16.8 Å². The number of hydrogen-bond donors (Lipinski definition) is 1. The van der Waals surface area contributed by atoms with Crippen LogP contribution in [0.25, 0.3) is 0 Å². The van der Waals surface area contributed by atoms with E-state index in [4.69, 9.17) is 0 Å². The molecule has 1 heterocycles. The normalized spacial score (nSPS) is 16.7. The van der Waals surface area contributed by atoms with E-state index in [9.17, 15) is 4.79 Å². The highest BCUT2D eigenvalue weighted by atomic mass is 79.9. The number of hydrogen-bond acceptors (Lipinski definition) is 2. The first kappa shape index (κ1) is 14.1. The second-order valence-electron chi connectivity index (χ2n) is 5.31. The topological polar surface area (TPSA) is 32.3 Å². The van der Waals surface area contributed by atoms with Gasteiger partial charge in [0.2, 0.25) is 5.91 Å². The van der Waals surface area contributed by atoms with E-state index in [1.165, 1.54) is 5.56 Å². The number of benzene rings is 2. The molecule has 21 heavy (non-hydrogen) atoms. The van der Waals surface area contributed by atoms with E-state index in [-0.39, 0.29) is 11.9 Å². The number of halogens is 1. The lowest BCUT2D eigenvalue weighted by molar-refractivity contribution is -0.117. The molecule has 2 aromatic rings. The first-order valence-electron chi connectivity index (χ1n) is 7.04. The molecule has 0 radical (unpaired) electrons. The van der Waals surface area contributed by atoms with Crippen molar-refractivity contribution in [3.8, 4) is 0 Å². The average molecular weight is 345 g/mol. The fourth-order valence-corrected chi connectivity index (χ4v) is 3.04. The predicted molar refractivity (Wildman–Crippen MR) is 89.7 cm³/mol. The molecule has 1 aliphatic rings. The third kappa shape index (κ3) is 2.95. The highest BCUT2D eigenvalue weighted by Gasteiger charge is 2.29. The van der Waals surface area contributed by atoms with Crippen LogP contribution in [0.4, 0.5) is 11.4 Å². The number of fused-ring (bicyclic) bond motifs is 1. The molecule has 0 saturated carbocycles. The zero-order valence-corrected chi connectivity index (χ0v) is 13.4. The summed E-state index contributed by atoms with van der Waals surface area (Å²) in [5.41, 5.74) is 3.25. The van der Waals surface area contributed by atoms with Crippen LogP contribution >= 0.6 is 15.9 Å². The number of carbonyl (C=O) groups is 1. The maximum atomic E-state index is 12.5. The van der Waals surface area contributed by atoms with Crippen molar-refractivity contribution in [3.63, 3.8) is 0 Å². The summed E-state index contributed by atoms with van der Waals surface area (Å²) < 4.78 is 1.03. The van der Waals surface area contributed by atoms with Crippen molar-refractivity contribution < 1.29 is 4.79 Å². The number of rotatable bonds is 3. The van der Waals surface area contributed by atoms with Crippen molar-refractivity contribution >= 4 is 33.2 Å². The van der Waals surface area contributed by atoms with E-state index in [1.807, 2.05) is 47.4 Å². The van der Waals surface area contributed by atoms with Crippen molar-refractivity contribution in [2.45, 2.75) is 19.4 Å². The van der Waals surface area contributed by atoms with Crippen molar-refractivity contribution in [3.05, 3.63) is 58.6 Å². The van der Waals surface area contributed by atoms with Crippen LogP contribution in [0.2, 0.25) is 0 Å². The maximum Gasteiger partial charge on any atom is 0.246 e. The summed E-state index contributed by atoms with van der Waals surface area (Å²) in [7, 11) is 0. The van der Waals surface area contributed by atoms with Crippen LogP contribution in [0.5, 0.6) is 0 Å². The third-order valence-electron chi connectivity index (χ3n) is 3.76. The van der Waals surface area contributed by atoms with Gasteiger partial charge in [0.1, 0.15) is 0 Å². The van der Waals surface area contributed by atoms with Crippen LogP contribution < -0.4 is 10.2 Å². The first-order valence-corrected chi connectivity index (χ1v) is 7.84. The summed E-state index contributed by atoms with van der Waals surface area (Å²) in [6.07, 6.45) is 0.931. The molecule has 1 amide bonds. The molecule has 3 nitrogen and oxygen atoms in total. The Morgan fingerprint density at radius 3 is 2.71 bits per heavy atom. The fourth-order valence-electron chi connectivity index (χ4n) is 2.78. The minimum atomic E-state index is 0.107. The quantitative estimate of drug-likeness (QED) is 0.917. The van der Waals surface area contributed by atoms with Crippen LogP contribution in [0, 0.1) is 0 Å². The van der Waals surface area contributed by atoms with Crippen molar-refractivity contribution in [1.29, 1.82) is 0 Å². The zero-order chi connectivity index (χ0) is 14.8. The molecule has 3 rings (SSSR count). The van der Waals surface area contributed by atoms with Gasteiger partial charge < -0.3 is 10.2 Å². The molecule has 1 aliphatic heterocycles. The highest BCUT2D eigenvalue weighted by molar-refractivity contribution is 9.10. The zero-order valence-electron chi connectivity index (χ0n) is 11.8. The van der Waals surface area contributed by atoms with Crippen LogP contribution in [0.3, 0.4) is 0 Å². The monoisotopic (exact) mass is 344 g/mol. The van der Waals surface area contributed by atoms with E-state index >= 15 is 0 Å². The fraction of sp³-hybridized carbons (Fsp3) is 0.235. The molecule has 4 heteroatoms. The lowest BCUT2D eigenvalue weighted by Gasteiger charge is -2.23. The molecule has 1 atom stereocenters. The Labute approximate surface area is 133 Å². The summed E-state index contributed by atoms with van der Waals surface area (Å²) in [5, 5.41) is 3.19. The lowest BCUT2D eigenvalue weighted by Crippen LogP contribution is -2.39. The van der Waals surface area contributed by atoms with Crippen LogP contribution in [-0.4, -0.2) is 18.5 Å². The van der Waals surface area contributed by atoms with Gasteiger partial charge in [-0.15, -0.1) is 0 Å². The van der Waals surface area contributed by atoms with Gasteiger partial charge >= 0.3 is 0 Å². The Morgan fingerprint density at radius 2 is 1.95 bits per heavy atom. The van der Waals surface area contributed by atoms with E-state index in [2.05, 4.69) is 34.2 Å². The standard InChI is InChI=1S/C17H17BrN2O/c1-12-10-13-4-2-3-5-16(13)20(12)17(21)11-19-15-8-6-14(18)7-9-15/h2-9,12,19H,10-11H2,1H3/t12-/m0/s1. The van der Waals surface area contributed by atoms with Crippen molar-refractivity contribution in [1.82, 2.24) is 0 Å². The Morgan fingerprint density at radius 1 is 1.24 bits per heavy atom. The van der Waals surface area contributed by atoms with Crippen molar-refractivity contribution in [2.24, 2.45) is 0 Å². The molecule has 2 aromatic carbocycles. The molecule has 108 valence electrons. The van der Waals surface area contributed by atoms with E-state index in [0.29, 0.717) is 6.54 Å². The molecule has 1 N–H and O–H groups in total. The number of anilines is 2. The molecule has 0 aliphatic carbocycles. The highest BCUT2D eigenvalue weighted by Crippen LogP contribution is 2.31. The van der Waals surface area contributed by atoms with Gasteiger partial charge in [-0.3, -0.25) is 4.79 Å². The Bertz CT molecular complexity index is 654. The van der Waals surface area contributed by atoms with E-state index < -0.39 is 0 Å². The molecule has 0 spiro atoms. The summed E-state index contributed by atoms with van der Waals surface area (Å²) in [5.74, 6) is 0.107. The molecular formula is C17H17BrN2O. The lowest BCUT2D eigenvalue weighted by atomic mass is 10.1. The van der Waals surface area contributed by atoms with Crippen LogP contribution in [-0.2, 0) is 11.2 Å². The minimum absolute atomic E-state index is 0.107. The van der Waals surface area contributed by atoms with Crippen LogP contribution in [0.15, 0.2) is 53.0 Å². The van der Waals surface area contributed by atoms with E-state index in [1.54, 1.807) is 0 Å². The second kappa shape index (κ2) is 5.90. The predicted octanol–water partition coefficient (Wildman–Crippen LogP) is 3.84. The SMILES string of the molecule is C[C@H]1Cc2ccccc2N1C(=O)CNc1ccc(Br)cc1. The minimum Gasteiger partial charge on any atom is -0.376 e. The van der Waals surface area contributed by atoms with Gasteiger partial charge in [-0.25, -0.2) is 0 Å². The van der Waals surface area contributed by atoms with Gasteiger partial charge in [-0.2, -0.15) is 0 Å². The maximum absolute atomic E-state index is 12.5.